The summed E-state index contributed by atoms with van der Waals surface area (Å²) in [4.78, 5) is 0. The minimum atomic E-state index is 0.388. The van der Waals surface area contributed by atoms with Crippen molar-refractivity contribution in [2.75, 3.05) is 0 Å². The van der Waals surface area contributed by atoms with E-state index in [1.54, 1.807) is 5.46 Å². The van der Waals surface area contributed by atoms with E-state index in [0.717, 1.165) is 12.8 Å². The molecule has 2 heterocycles. The second kappa shape index (κ2) is 5.23. The van der Waals surface area contributed by atoms with Crippen LogP contribution in [0.4, 0.5) is 0 Å². The van der Waals surface area contributed by atoms with Gasteiger partial charge in [0.2, 0.25) is 6.71 Å². The molecule has 1 heteroatoms. The first kappa shape index (κ1) is 14.8. The molecule has 0 fully saturated rings. The molecule has 0 saturated carbocycles. The fourth-order valence-corrected chi connectivity index (χ4v) is 5.08. The average molecular weight is 320 g/mol. The Morgan fingerprint density at radius 1 is 0.760 bits per heavy atom. The van der Waals surface area contributed by atoms with Gasteiger partial charge in [0.15, 0.2) is 0 Å². The Labute approximate surface area is 150 Å². The highest BCUT2D eigenvalue weighted by molar-refractivity contribution is 6.97. The fourth-order valence-electron chi connectivity index (χ4n) is 5.08. The summed E-state index contributed by atoms with van der Waals surface area (Å²) in [6.45, 7) is 8.91. The van der Waals surface area contributed by atoms with Crippen molar-refractivity contribution >= 4 is 29.2 Å². The first-order valence-electron chi connectivity index (χ1n) is 9.12. The molecule has 25 heavy (non-hydrogen) atoms. The van der Waals surface area contributed by atoms with E-state index in [4.69, 9.17) is 0 Å². The minimum absolute atomic E-state index is 0.388. The summed E-state index contributed by atoms with van der Waals surface area (Å²) in [6.07, 6.45) is 4.08. The van der Waals surface area contributed by atoms with Crippen LogP contribution in [0.1, 0.15) is 38.9 Å². The van der Waals surface area contributed by atoms with E-state index in [1.165, 1.54) is 49.9 Å². The predicted molar refractivity (Wildman–Crippen MR) is 109 cm³/mol. The van der Waals surface area contributed by atoms with E-state index >= 15 is 0 Å². The standard InChI is InChI=1S/C24H21B/c1-4-17-11-16(3)23-21(12-17)14-20-10-6-9-19-13-18-8-5-7-15(2)22(18)25(23)24(19)20/h4-12H,1,13-14H2,2-3H3. The van der Waals surface area contributed by atoms with Gasteiger partial charge >= 0.3 is 0 Å². The predicted octanol–water partition coefficient (Wildman–Crippen LogP) is 3.27. The molecule has 0 radical (unpaired) electrons. The van der Waals surface area contributed by atoms with Crippen LogP contribution in [0, 0.1) is 13.8 Å². The molecular formula is C24H21B. The van der Waals surface area contributed by atoms with Crippen LogP contribution in [0.25, 0.3) is 6.08 Å². The average Bonchev–Trinajstić information content (AvgIpc) is 2.61. The normalized spacial score (nSPS) is 13.8. The Balaban J connectivity index is 1.88. The molecule has 5 rings (SSSR count). The number of aryl methyl sites for hydroxylation is 2. The molecule has 0 aromatic heterocycles. The zero-order chi connectivity index (χ0) is 17.1. The van der Waals surface area contributed by atoms with Crippen molar-refractivity contribution in [3.8, 4) is 0 Å². The summed E-state index contributed by atoms with van der Waals surface area (Å²) >= 11 is 0. The van der Waals surface area contributed by atoms with Gasteiger partial charge in [0.05, 0.1) is 0 Å². The van der Waals surface area contributed by atoms with E-state index in [9.17, 15) is 0 Å². The van der Waals surface area contributed by atoms with Crippen LogP contribution >= 0.6 is 0 Å². The fraction of sp³-hybridized carbons (Fsp3) is 0.167. The van der Waals surface area contributed by atoms with Crippen molar-refractivity contribution in [1.29, 1.82) is 0 Å². The van der Waals surface area contributed by atoms with Gasteiger partial charge in [-0.2, -0.15) is 0 Å². The van der Waals surface area contributed by atoms with Crippen molar-refractivity contribution in [1.82, 2.24) is 0 Å². The lowest BCUT2D eigenvalue weighted by molar-refractivity contribution is 1.14. The molecule has 0 aliphatic carbocycles. The Morgan fingerprint density at radius 3 is 2.08 bits per heavy atom. The second-order valence-electron chi connectivity index (χ2n) is 7.54. The van der Waals surface area contributed by atoms with E-state index in [0.29, 0.717) is 6.71 Å². The smallest absolute Gasteiger partial charge is 0.0985 e. The maximum atomic E-state index is 3.98. The third-order valence-electron chi connectivity index (χ3n) is 6.06. The molecule has 120 valence electrons. The van der Waals surface area contributed by atoms with Gasteiger partial charge in [0, 0.05) is 0 Å². The Kier molecular flexibility index (Phi) is 3.09. The molecule has 0 bridgehead atoms. The highest BCUT2D eigenvalue weighted by Crippen LogP contribution is 2.25. The zero-order valence-corrected chi connectivity index (χ0v) is 14.9. The molecule has 2 aliphatic rings. The first-order valence-corrected chi connectivity index (χ1v) is 9.12. The van der Waals surface area contributed by atoms with Crippen molar-refractivity contribution in [2.45, 2.75) is 26.7 Å². The summed E-state index contributed by atoms with van der Waals surface area (Å²) in [5.41, 5.74) is 14.7. The molecule has 0 amide bonds. The van der Waals surface area contributed by atoms with E-state index in [2.05, 4.69) is 69.0 Å². The van der Waals surface area contributed by atoms with E-state index in [-0.39, 0.29) is 0 Å². The quantitative estimate of drug-likeness (QED) is 0.416. The third-order valence-corrected chi connectivity index (χ3v) is 6.06. The largest absolute Gasteiger partial charge is 0.243 e. The van der Waals surface area contributed by atoms with Gasteiger partial charge in [-0.1, -0.05) is 88.7 Å². The highest BCUT2D eigenvalue weighted by Gasteiger charge is 2.38. The van der Waals surface area contributed by atoms with Crippen LogP contribution in [0.15, 0.2) is 55.1 Å². The molecule has 0 spiro atoms. The zero-order valence-electron chi connectivity index (χ0n) is 14.9. The van der Waals surface area contributed by atoms with Gasteiger partial charge < -0.3 is 0 Å². The molecule has 3 aromatic rings. The summed E-state index contributed by atoms with van der Waals surface area (Å²) in [7, 11) is 0. The van der Waals surface area contributed by atoms with Crippen LogP contribution in [0.2, 0.25) is 0 Å². The Hall–Kier alpha value is -2.54. The maximum Gasteiger partial charge on any atom is 0.243 e. The molecule has 0 atom stereocenters. The number of hydrogen-bond acceptors (Lipinski definition) is 0. The van der Waals surface area contributed by atoms with Crippen molar-refractivity contribution < 1.29 is 0 Å². The van der Waals surface area contributed by atoms with Gasteiger partial charge in [-0.25, -0.2) is 0 Å². The number of hydrogen-bond donors (Lipinski definition) is 0. The van der Waals surface area contributed by atoms with Gasteiger partial charge in [-0.05, 0) is 54.5 Å². The minimum Gasteiger partial charge on any atom is -0.0985 e. The molecule has 3 aromatic carbocycles. The van der Waals surface area contributed by atoms with Crippen molar-refractivity contribution in [3.63, 3.8) is 0 Å². The van der Waals surface area contributed by atoms with Crippen molar-refractivity contribution in [3.05, 3.63) is 94.1 Å². The SMILES string of the molecule is C=Cc1cc(C)c2c(c1)Cc1cccc3c1B2c1c(C)cccc1C3. The number of benzene rings is 3. The first-order chi connectivity index (χ1) is 12.2. The van der Waals surface area contributed by atoms with Crippen LogP contribution in [0.5, 0.6) is 0 Å². The van der Waals surface area contributed by atoms with Gasteiger partial charge in [0.1, 0.15) is 0 Å². The summed E-state index contributed by atoms with van der Waals surface area (Å²) in [5.74, 6) is 0. The summed E-state index contributed by atoms with van der Waals surface area (Å²) in [6, 6.07) is 18.3. The maximum absolute atomic E-state index is 3.98. The molecule has 0 saturated heterocycles. The van der Waals surface area contributed by atoms with E-state index < -0.39 is 0 Å². The topological polar surface area (TPSA) is 0 Å². The number of rotatable bonds is 1. The van der Waals surface area contributed by atoms with E-state index in [1.807, 2.05) is 6.08 Å². The van der Waals surface area contributed by atoms with Gasteiger partial charge in [-0.15, -0.1) is 0 Å². The lowest BCUT2D eigenvalue weighted by Crippen LogP contribution is -2.62. The van der Waals surface area contributed by atoms with Crippen LogP contribution < -0.4 is 16.4 Å². The third kappa shape index (κ3) is 2.02. The number of fused-ring (bicyclic) bond motifs is 4. The Bertz CT molecular complexity index is 1030. The van der Waals surface area contributed by atoms with Crippen LogP contribution in [-0.4, -0.2) is 6.71 Å². The van der Waals surface area contributed by atoms with Gasteiger partial charge in [-0.3, -0.25) is 0 Å². The molecule has 0 N–H and O–H groups in total. The second-order valence-corrected chi connectivity index (χ2v) is 7.54. The molecule has 0 unspecified atom stereocenters. The monoisotopic (exact) mass is 320 g/mol. The summed E-state index contributed by atoms with van der Waals surface area (Å²) in [5, 5.41) is 0. The van der Waals surface area contributed by atoms with Crippen molar-refractivity contribution in [2.24, 2.45) is 0 Å². The van der Waals surface area contributed by atoms with Crippen LogP contribution in [-0.2, 0) is 12.8 Å². The molecule has 2 aliphatic heterocycles. The summed E-state index contributed by atoms with van der Waals surface area (Å²) < 4.78 is 0. The highest BCUT2D eigenvalue weighted by atomic mass is 14.2. The molecular weight excluding hydrogens is 299 g/mol. The Morgan fingerprint density at radius 2 is 1.36 bits per heavy atom. The lowest BCUT2D eigenvalue weighted by atomic mass is 9.29. The van der Waals surface area contributed by atoms with Crippen LogP contribution in [0.3, 0.4) is 0 Å². The lowest BCUT2D eigenvalue weighted by Gasteiger charge is -2.36. The van der Waals surface area contributed by atoms with Gasteiger partial charge in [0.25, 0.3) is 0 Å². The molecule has 0 nitrogen and oxygen atoms in total.